The van der Waals surface area contributed by atoms with Gasteiger partial charge in [0.1, 0.15) is 11.3 Å². The summed E-state index contributed by atoms with van der Waals surface area (Å²) < 4.78 is 2.10. The van der Waals surface area contributed by atoms with E-state index in [0.717, 1.165) is 78.0 Å². The third kappa shape index (κ3) is 4.45. The van der Waals surface area contributed by atoms with E-state index in [1.165, 1.54) is 0 Å². The molecule has 0 saturated carbocycles. The van der Waals surface area contributed by atoms with Gasteiger partial charge in [0.05, 0.1) is 33.8 Å². The number of aromatic nitrogens is 8. The smallest absolute Gasteiger partial charge is 0.141 e. The highest BCUT2D eigenvalue weighted by Crippen LogP contribution is 2.28. The highest BCUT2D eigenvalue weighted by atomic mass is 15.0. The van der Waals surface area contributed by atoms with Crippen LogP contribution < -0.4 is 0 Å². The second kappa shape index (κ2) is 9.91. The summed E-state index contributed by atoms with van der Waals surface area (Å²) in [7, 11) is 2.03. The Morgan fingerprint density at radius 1 is 0.561 bits per heavy atom. The van der Waals surface area contributed by atoms with Gasteiger partial charge in [0.25, 0.3) is 0 Å². The van der Waals surface area contributed by atoms with E-state index in [9.17, 15) is 0 Å². The minimum atomic E-state index is 0.869. The minimum Gasteiger partial charge on any atom is -0.339 e. The monoisotopic (exact) mass is 534 g/mol. The Kier molecular flexibility index (Phi) is 5.93. The first kappa shape index (κ1) is 24.5. The number of aromatic amines is 1. The van der Waals surface area contributed by atoms with Crippen molar-refractivity contribution >= 4 is 43.9 Å². The molecular formula is C33H26N8. The van der Waals surface area contributed by atoms with Gasteiger partial charge in [-0.25, -0.2) is 9.97 Å². The fourth-order valence-electron chi connectivity index (χ4n) is 5.19. The maximum absolute atomic E-state index is 4.80. The van der Waals surface area contributed by atoms with Gasteiger partial charge in [-0.1, -0.05) is 12.1 Å². The third-order valence-electron chi connectivity index (χ3n) is 7.20. The van der Waals surface area contributed by atoms with Crippen LogP contribution in [0.1, 0.15) is 11.4 Å². The van der Waals surface area contributed by atoms with Crippen LogP contribution in [0.5, 0.6) is 0 Å². The number of nitrogens with zero attached hydrogens (tertiary/aromatic N) is 7. The lowest BCUT2D eigenvalue weighted by Crippen LogP contribution is -1.93. The molecule has 0 radical (unpaired) electrons. The van der Waals surface area contributed by atoms with Crippen LogP contribution in [0.3, 0.4) is 0 Å². The summed E-state index contributed by atoms with van der Waals surface area (Å²) in [4.78, 5) is 30.2. The standard InChI is InChI=1S/C17H14N4.C16H12N4/c1-11-4-3-5-14(19-11)15-7-6-12-13-10-18-9-8-16(13)21(2)17(12)20-15;1-10-3-2-4-14(18-10)15-6-5-11-12-9-17-8-7-13(12)19-16(11)20-15/h3-10H,1-2H3;2-9H,1H3,(H,19,20). The van der Waals surface area contributed by atoms with Crippen molar-refractivity contribution in [2.24, 2.45) is 7.05 Å². The Morgan fingerprint density at radius 3 is 1.88 bits per heavy atom. The Hall–Kier alpha value is -5.50. The van der Waals surface area contributed by atoms with Crippen molar-refractivity contribution in [3.63, 3.8) is 0 Å². The Balaban J connectivity index is 0.000000135. The molecule has 0 spiro atoms. The maximum atomic E-state index is 4.80. The third-order valence-corrected chi connectivity index (χ3v) is 7.20. The normalized spacial score (nSPS) is 11.3. The van der Waals surface area contributed by atoms with Gasteiger partial charge in [-0.3, -0.25) is 19.9 Å². The average Bonchev–Trinajstić information content (AvgIpc) is 3.52. The van der Waals surface area contributed by atoms with Crippen molar-refractivity contribution in [1.29, 1.82) is 0 Å². The maximum Gasteiger partial charge on any atom is 0.141 e. The van der Waals surface area contributed by atoms with Gasteiger partial charge >= 0.3 is 0 Å². The number of aryl methyl sites for hydroxylation is 3. The van der Waals surface area contributed by atoms with Crippen molar-refractivity contribution in [1.82, 2.24) is 39.5 Å². The number of hydrogen-bond acceptors (Lipinski definition) is 6. The molecule has 0 aliphatic heterocycles. The molecule has 8 nitrogen and oxygen atoms in total. The first-order valence-electron chi connectivity index (χ1n) is 13.3. The largest absolute Gasteiger partial charge is 0.339 e. The predicted molar refractivity (Wildman–Crippen MR) is 163 cm³/mol. The molecule has 41 heavy (non-hydrogen) atoms. The fourth-order valence-corrected chi connectivity index (χ4v) is 5.19. The number of H-pyrrole nitrogens is 1. The van der Waals surface area contributed by atoms with E-state index >= 15 is 0 Å². The zero-order valence-corrected chi connectivity index (χ0v) is 22.9. The van der Waals surface area contributed by atoms with Crippen LogP contribution in [0.2, 0.25) is 0 Å². The highest BCUT2D eigenvalue weighted by molar-refractivity contribution is 6.07. The van der Waals surface area contributed by atoms with Crippen molar-refractivity contribution in [3.05, 3.63) is 109 Å². The lowest BCUT2D eigenvalue weighted by molar-refractivity contribution is 0.988. The van der Waals surface area contributed by atoms with E-state index in [4.69, 9.17) is 4.98 Å². The number of hydrogen-bond donors (Lipinski definition) is 1. The van der Waals surface area contributed by atoms with Crippen molar-refractivity contribution in [2.45, 2.75) is 13.8 Å². The summed E-state index contributed by atoms with van der Waals surface area (Å²) in [5.41, 5.74) is 9.57. The molecule has 0 bridgehead atoms. The lowest BCUT2D eigenvalue weighted by atomic mass is 10.2. The van der Waals surface area contributed by atoms with Crippen molar-refractivity contribution in [2.75, 3.05) is 0 Å². The molecule has 0 unspecified atom stereocenters. The van der Waals surface area contributed by atoms with E-state index in [-0.39, 0.29) is 0 Å². The van der Waals surface area contributed by atoms with Crippen LogP contribution in [-0.4, -0.2) is 39.5 Å². The molecule has 8 aromatic rings. The molecule has 8 heteroatoms. The molecule has 0 fully saturated rings. The molecule has 0 aromatic carbocycles. The van der Waals surface area contributed by atoms with Gasteiger partial charge < -0.3 is 9.55 Å². The Morgan fingerprint density at radius 2 is 1.17 bits per heavy atom. The average molecular weight is 535 g/mol. The second-order valence-electron chi connectivity index (χ2n) is 9.99. The fraction of sp³-hybridized carbons (Fsp3) is 0.0909. The van der Waals surface area contributed by atoms with Crippen LogP contribution in [-0.2, 0) is 7.05 Å². The van der Waals surface area contributed by atoms with Crippen LogP contribution in [0.25, 0.3) is 66.6 Å². The number of pyridine rings is 6. The first-order valence-corrected chi connectivity index (χ1v) is 13.3. The van der Waals surface area contributed by atoms with Gasteiger partial charge in [-0.2, -0.15) is 0 Å². The zero-order chi connectivity index (χ0) is 27.9. The molecule has 0 saturated heterocycles. The second-order valence-corrected chi connectivity index (χ2v) is 9.99. The van der Waals surface area contributed by atoms with Gasteiger partial charge in [0, 0.05) is 64.8 Å². The molecule has 8 heterocycles. The summed E-state index contributed by atoms with van der Waals surface area (Å²) in [6, 6.07) is 24.1. The van der Waals surface area contributed by atoms with E-state index < -0.39 is 0 Å². The van der Waals surface area contributed by atoms with Crippen LogP contribution in [0.15, 0.2) is 97.6 Å². The summed E-state index contributed by atoms with van der Waals surface area (Å²) in [5, 5.41) is 4.44. The Bertz CT molecular complexity index is 2210. The number of rotatable bonds is 2. The SMILES string of the molecule is Cc1cccc(-c2ccc3c(n2)[nH]c2ccncc23)n1.Cc1cccc(-c2ccc3c4cnccc4n(C)c3n2)n1. The number of fused-ring (bicyclic) bond motifs is 6. The zero-order valence-electron chi connectivity index (χ0n) is 22.9. The van der Waals surface area contributed by atoms with Gasteiger partial charge in [0.15, 0.2) is 0 Å². The molecule has 8 rings (SSSR count). The molecule has 198 valence electrons. The topological polar surface area (TPSA) is 98.1 Å². The highest BCUT2D eigenvalue weighted by Gasteiger charge is 2.11. The number of nitrogens with one attached hydrogen (secondary N) is 1. The van der Waals surface area contributed by atoms with Gasteiger partial charge in [0.2, 0.25) is 0 Å². The summed E-state index contributed by atoms with van der Waals surface area (Å²) in [6.45, 7) is 3.97. The quantitative estimate of drug-likeness (QED) is 0.257. The minimum absolute atomic E-state index is 0.869. The van der Waals surface area contributed by atoms with Crippen molar-refractivity contribution in [3.8, 4) is 22.8 Å². The van der Waals surface area contributed by atoms with Crippen molar-refractivity contribution < 1.29 is 0 Å². The van der Waals surface area contributed by atoms with E-state index in [2.05, 4.69) is 46.6 Å². The van der Waals surface area contributed by atoms with E-state index in [0.29, 0.717) is 0 Å². The van der Waals surface area contributed by atoms with Crippen LogP contribution in [0, 0.1) is 13.8 Å². The van der Waals surface area contributed by atoms with Gasteiger partial charge in [-0.15, -0.1) is 0 Å². The molecule has 8 aromatic heterocycles. The Labute approximate surface area is 235 Å². The summed E-state index contributed by atoms with van der Waals surface area (Å²) in [6.07, 6.45) is 7.34. The summed E-state index contributed by atoms with van der Waals surface area (Å²) in [5.74, 6) is 0. The lowest BCUT2D eigenvalue weighted by Gasteiger charge is -2.03. The molecule has 0 atom stereocenters. The molecule has 0 amide bonds. The first-order chi connectivity index (χ1) is 20.0. The molecular weight excluding hydrogens is 508 g/mol. The van der Waals surface area contributed by atoms with E-state index in [1.54, 1.807) is 6.20 Å². The van der Waals surface area contributed by atoms with Gasteiger partial charge in [-0.05, 0) is 74.5 Å². The van der Waals surface area contributed by atoms with Crippen LogP contribution in [0.4, 0.5) is 0 Å². The summed E-state index contributed by atoms with van der Waals surface area (Å²) >= 11 is 0. The molecule has 1 N–H and O–H groups in total. The van der Waals surface area contributed by atoms with Crippen LogP contribution >= 0.6 is 0 Å². The van der Waals surface area contributed by atoms with E-state index in [1.807, 2.05) is 100 Å². The predicted octanol–water partition coefficient (Wildman–Crippen LogP) is 6.97. The molecule has 0 aliphatic rings. The molecule has 0 aliphatic carbocycles.